The Labute approximate surface area is 105 Å². The lowest BCUT2D eigenvalue weighted by Gasteiger charge is -2.07. The molecule has 90 valence electrons. The highest BCUT2D eigenvalue weighted by Crippen LogP contribution is 2.12. The number of pyridine rings is 1. The molecular formula is C14H12FN3. The highest BCUT2D eigenvalue weighted by atomic mass is 19.1. The number of nitrogens with zero attached hydrogens (tertiary/aromatic N) is 2. The van der Waals surface area contributed by atoms with Crippen molar-refractivity contribution < 1.29 is 4.39 Å². The van der Waals surface area contributed by atoms with Crippen LogP contribution in [0.15, 0.2) is 36.4 Å². The molecule has 2 rings (SSSR count). The van der Waals surface area contributed by atoms with Gasteiger partial charge in [0.25, 0.3) is 0 Å². The van der Waals surface area contributed by atoms with Gasteiger partial charge in [0.15, 0.2) is 0 Å². The first-order chi connectivity index (χ1) is 8.69. The van der Waals surface area contributed by atoms with Gasteiger partial charge >= 0.3 is 0 Å². The van der Waals surface area contributed by atoms with E-state index in [1.54, 1.807) is 0 Å². The first-order valence-corrected chi connectivity index (χ1v) is 5.55. The Morgan fingerprint density at radius 2 is 1.94 bits per heavy atom. The van der Waals surface area contributed by atoms with Crippen molar-refractivity contribution in [2.75, 3.05) is 5.32 Å². The lowest BCUT2D eigenvalue weighted by Crippen LogP contribution is -2.05. The van der Waals surface area contributed by atoms with Gasteiger partial charge < -0.3 is 5.32 Å². The molecule has 0 aliphatic carbocycles. The van der Waals surface area contributed by atoms with E-state index in [0.29, 0.717) is 17.8 Å². The Morgan fingerprint density at radius 3 is 2.61 bits per heavy atom. The van der Waals surface area contributed by atoms with Crippen molar-refractivity contribution in [3.63, 3.8) is 0 Å². The van der Waals surface area contributed by atoms with Crippen molar-refractivity contribution in [1.29, 1.82) is 5.26 Å². The third kappa shape index (κ3) is 2.83. The van der Waals surface area contributed by atoms with E-state index in [-0.39, 0.29) is 0 Å². The molecule has 1 heterocycles. The molecule has 0 saturated heterocycles. The Bertz CT molecular complexity index is 585. The summed E-state index contributed by atoms with van der Waals surface area (Å²) in [6, 6.07) is 12.4. The van der Waals surface area contributed by atoms with E-state index in [9.17, 15) is 4.39 Å². The summed E-state index contributed by atoms with van der Waals surface area (Å²) < 4.78 is 13.0. The summed E-state index contributed by atoms with van der Waals surface area (Å²) in [4.78, 5) is 3.72. The van der Waals surface area contributed by atoms with E-state index < -0.39 is 5.95 Å². The van der Waals surface area contributed by atoms with Crippen LogP contribution in [0.2, 0.25) is 0 Å². The second kappa shape index (κ2) is 5.28. The number of hydrogen-bond donors (Lipinski definition) is 1. The number of anilines is 1. The lowest BCUT2D eigenvalue weighted by atomic mass is 10.2. The number of nitriles is 1. The van der Waals surface area contributed by atoms with Crippen LogP contribution in [0.25, 0.3) is 0 Å². The molecule has 0 spiro atoms. The van der Waals surface area contributed by atoms with Crippen LogP contribution in [-0.2, 0) is 6.54 Å². The number of aryl methyl sites for hydroxylation is 1. The van der Waals surface area contributed by atoms with Gasteiger partial charge in [0.05, 0.1) is 17.8 Å². The molecule has 4 heteroatoms. The zero-order valence-corrected chi connectivity index (χ0v) is 9.94. The zero-order chi connectivity index (χ0) is 13.0. The molecule has 18 heavy (non-hydrogen) atoms. The topological polar surface area (TPSA) is 48.7 Å². The van der Waals surface area contributed by atoms with Gasteiger partial charge in [0, 0.05) is 5.69 Å². The summed E-state index contributed by atoms with van der Waals surface area (Å²) in [6.45, 7) is 2.33. The third-order valence-electron chi connectivity index (χ3n) is 2.57. The molecule has 1 N–H and O–H groups in total. The summed E-state index contributed by atoms with van der Waals surface area (Å²) >= 11 is 0. The zero-order valence-electron chi connectivity index (χ0n) is 9.94. The van der Waals surface area contributed by atoms with Gasteiger partial charge in [-0.3, -0.25) is 0 Å². The maximum Gasteiger partial charge on any atom is 0.213 e. The molecule has 3 nitrogen and oxygen atoms in total. The minimum atomic E-state index is -0.574. The normalized spacial score (nSPS) is 9.83. The molecule has 0 radical (unpaired) electrons. The molecule has 0 amide bonds. The first-order valence-electron chi connectivity index (χ1n) is 5.55. The Morgan fingerprint density at radius 1 is 1.22 bits per heavy atom. The Hall–Kier alpha value is -2.41. The van der Waals surface area contributed by atoms with Crippen LogP contribution in [-0.4, -0.2) is 4.98 Å². The smallest absolute Gasteiger partial charge is 0.213 e. The van der Waals surface area contributed by atoms with Crippen molar-refractivity contribution in [2.24, 2.45) is 0 Å². The van der Waals surface area contributed by atoms with E-state index in [2.05, 4.69) is 10.3 Å². The number of nitrogens with one attached hydrogen (secondary N) is 1. The molecule has 1 aromatic carbocycles. The predicted molar refractivity (Wildman–Crippen MR) is 67.4 cm³/mol. The summed E-state index contributed by atoms with van der Waals surface area (Å²) in [7, 11) is 0. The van der Waals surface area contributed by atoms with E-state index in [4.69, 9.17) is 5.26 Å². The monoisotopic (exact) mass is 241 g/mol. The van der Waals surface area contributed by atoms with Gasteiger partial charge in [-0.2, -0.15) is 9.65 Å². The molecule has 1 aromatic heterocycles. The standard InChI is InChI=1S/C14H12FN3/c1-10-2-5-12(6-3-10)17-9-13-11(8-16)4-7-14(15)18-13/h2-7,17H,9H2,1H3. The highest BCUT2D eigenvalue weighted by Gasteiger charge is 2.05. The molecular weight excluding hydrogens is 229 g/mol. The van der Waals surface area contributed by atoms with Gasteiger partial charge in [0.1, 0.15) is 6.07 Å². The van der Waals surface area contributed by atoms with Crippen molar-refractivity contribution >= 4 is 5.69 Å². The molecule has 0 fully saturated rings. The van der Waals surface area contributed by atoms with Crippen molar-refractivity contribution in [2.45, 2.75) is 13.5 Å². The fraction of sp³-hybridized carbons (Fsp3) is 0.143. The second-order valence-electron chi connectivity index (χ2n) is 3.96. The summed E-state index contributed by atoms with van der Waals surface area (Å²) in [5.41, 5.74) is 2.88. The molecule has 0 bridgehead atoms. The number of hydrogen-bond acceptors (Lipinski definition) is 3. The van der Waals surface area contributed by atoms with E-state index in [1.165, 1.54) is 17.7 Å². The SMILES string of the molecule is Cc1ccc(NCc2nc(F)ccc2C#N)cc1. The fourth-order valence-electron chi connectivity index (χ4n) is 1.57. The molecule has 0 unspecified atom stereocenters. The maximum absolute atomic E-state index is 13.0. The van der Waals surface area contributed by atoms with Crippen LogP contribution in [0.1, 0.15) is 16.8 Å². The van der Waals surface area contributed by atoms with Crippen LogP contribution < -0.4 is 5.32 Å². The Kier molecular flexibility index (Phi) is 3.54. The van der Waals surface area contributed by atoms with Crippen LogP contribution in [0.4, 0.5) is 10.1 Å². The minimum absolute atomic E-state index is 0.323. The van der Waals surface area contributed by atoms with E-state index in [0.717, 1.165) is 5.69 Å². The van der Waals surface area contributed by atoms with Gasteiger partial charge in [-0.05, 0) is 31.2 Å². The van der Waals surface area contributed by atoms with Crippen LogP contribution in [0.5, 0.6) is 0 Å². The second-order valence-corrected chi connectivity index (χ2v) is 3.96. The van der Waals surface area contributed by atoms with Gasteiger partial charge in [-0.15, -0.1) is 0 Å². The molecule has 0 aliphatic heterocycles. The Balaban J connectivity index is 2.13. The largest absolute Gasteiger partial charge is 0.379 e. The van der Waals surface area contributed by atoms with Crippen LogP contribution in [0, 0.1) is 24.2 Å². The highest BCUT2D eigenvalue weighted by molar-refractivity contribution is 5.45. The predicted octanol–water partition coefficient (Wildman–Crippen LogP) is 3.01. The minimum Gasteiger partial charge on any atom is -0.379 e. The maximum atomic E-state index is 13.0. The van der Waals surface area contributed by atoms with Crippen LogP contribution in [0.3, 0.4) is 0 Å². The van der Waals surface area contributed by atoms with Crippen molar-refractivity contribution in [3.05, 3.63) is 59.2 Å². The number of aromatic nitrogens is 1. The first kappa shape index (κ1) is 12.1. The molecule has 0 saturated carbocycles. The van der Waals surface area contributed by atoms with Crippen LogP contribution >= 0.6 is 0 Å². The average molecular weight is 241 g/mol. The fourth-order valence-corrected chi connectivity index (χ4v) is 1.57. The molecule has 0 aliphatic rings. The van der Waals surface area contributed by atoms with Gasteiger partial charge in [-0.25, -0.2) is 4.98 Å². The van der Waals surface area contributed by atoms with Gasteiger partial charge in [-0.1, -0.05) is 17.7 Å². The quantitative estimate of drug-likeness (QED) is 0.840. The number of rotatable bonds is 3. The number of benzene rings is 1. The number of halogens is 1. The molecule has 2 aromatic rings. The summed E-state index contributed by atoms with van der Waals surface area (Å²) in [6.07, 6.45) is 0. The molecule has 0 atom stereocenters. The summed E-state index contributed by atoms with van der Waals surface area (Å²) in [5, 5.41) is 12.0. The average Bonchev–Trinajstić information content (AvgIpc) is 2.38. The van der Waals surface area contributed by atoms with E-state index >= 15 is 0 Å². The summed E-state index contributed by atoms with van der Waals surface area (Å²) in [5.74, 6) is -0.574. The van der Waals surface area contributed by atoms with Crippen molar-refractivity contribution in [3.8, 4) is 6.07 Å². The third-order valence-corrected chi connectivity index (χ3v) is 2.57. The van der Waals surface area contributed by atoms with Crippen molar-refractivity contribution in [1.82, 2.24) is 4.98 Å². The lowest BCUT2D eigenvalue weighted by molar-refractivity contribution is 0.577. The van der Waals surface area contributed by atoms with Gasteiger partial charge in [0.2, 0.25) is 5.95 Å². The van der Waals surface area contributed by atoms with E-state index in [1.807, 2.05) is 37.3 Å².